The Hall–Kier alpha value is -3.94. The third-order valence-corrected chi connectivity index (χ3v) is 5.57. The van der Waals surface area contributed by atoms with Crippen molar-refractivity contribution in [1.82, 2.24) is 34.5 Å². The van der Waals surface area contributed by atoms with E-state index in [1.54, 1.807) is 31.1 Å². The maximum absolute atomic E-state index is 4.85. The molecule has 1 aliphatic rings. The second-order valence-corrected chi connectivity index (χ2v) is 7.55. The van der Waals surface area contributed by atoms with Gasteiger partial charge in [0.25, 0.3) is 5.78 Å². The molecule has 146 valence electrons. The van der Waals surface area contributed by atoms with Gasteiger partial charge in [-0.3, -0.25) is 14.4 Å². The van der Waals surface area contributed by atoms with Gasteiger partial charge in [0, 0.05) is 24.2 Å². The monoisotopic (exact) mass is 394 g/mol. The Balaban J connectivity index is 1.42. The summed E-state index contributed by atoms with van der Waals surface area (Å²) in [5, 5.41) is 9.02. The molecule has 0 aliphatic heterocycles. The molecule has 0 radical (unpaired) electrons. The van der Waals surface area contributed by atoms with Gasteiger partial charge >= 0.3 is 0 Å². The van der Waals surface area contributed by atoms with Crippen molar-refractivity contribution in [3.8, 4) is 11.3 Å². The van der Waals surface area contributed by atoms with E-state index >= 15 is 0 Å². The molecule has 0 bridgehead atoms. The zero-order valence-electron chi connectivity index (χ0n) is 16.3. The molecule has 4 heterocycles. The summed E-state index contributed by atoms with van der Waals surface area (Å²) >= 11 is 0. The Kier molecular flexibility index (Phi) is 3.70. The van der Waals surface area contributed by atoms with Crippen molar-refractivity contribution in [3.63, 3.8) is 0 Å². The lowest BCUT2D eigenvalue weighted by atomic mass is 10.1. The van der Waals surface area contributed by atoms with Gasteiger partial charge in [-0.1, -0.05) is 24.3 Å². The summed E-state index contributed by atoms with van der Waals surface area (Å²) in [6.07, 6.45) is 11.3. The Labute approximate surface area is 172 Å². The summed E-state index contributed by atoms with van der Waals surface area (Å²) in [5.74, 6) is 2.68. The van der Waals surface area contributed by atoms with Crippen molar-refractivity contribution < 1.29 is 0 Å². The average molecular weight is 394 g/mol. The van der Waals surface area contributed by atoms with Crippen LogP contribution in [0.5, 0.6) is 0 Å². The lowest BCUT2D eigenvalue weighted by Crippen LogP contribution is -2.15. The van der Waals surface area contributed by atoms with Crippen molar-refractivity contribution in [2.45, 2.75) is 18.8 Å². The fraction of sp³-hybridized carbons (Fsp3) is 0.182. The van der Waals surface area contributed by atoms with Crippen LogP contribution >= 0.6 is 0 Å². The van der Waals surface area contributed by atoms with Crippen LogP contribution in [0, 0.1) is 0 Å². The molecule has 4 aromatic heterocycles. The highest BCUT2D eigenvalue weighted by atomic mass is 15.3. The molecular weight excluding hydrogens is 376 g/mol. The predicted molar refractivity (Wildman–Crippen MR) is 114 cm³/mol. The standard InChI is InChI=1S/C22H18N8/c1-29(21-17-8-9-23-11-19(17)30-13-25-28-22(30)27-21)20-12-24-10-18(26-20)16-6-4-15(5-7-16)14-2-3-14/h4-14H,2-3H2,1H3. The molecule has 8 nitrogen and oxygen atoms in total. The average Bonchev–Trinajstić information content (AvgIpc) is 3.55. The van der Waals surface area contributed by atoms with Crippen LogP contribution in [-0.2, 0) is 0 Å². The fourth-order valence-electron chi connectivity index (χ4n) is 3.76. The maximum atomic E-state index is 4.85. The van der Waals surface area contributed by atoms with Gasteiger partial charge in [-0.2, -0.15) is 4.98 Å². The van der Waals surface area contributed by atoms with Gasteiger partial charge < -0.3 is 4.90 Å². The molecule has 0 unspecified atom stereocenters. The molecular formula is C22H18N8. The fourth-order valence-corrected chi connectivity index (χ4v) is 3.76. The molecule has 0 N–H and O–H groups in total. The van der Waals surface area contributed by atoms with Gasteiger partial charge in [0.15, 0.2) is 5.82 Å². The number of fused-ring (bicyclic) bond motifs is 3. The summed E-state index contributed by atoms with van der Waals surface area (Å²) < 4.78 is 1.82. The molecule has 8 heteroatoms. The van der Waals surface area contributed by atoms with E-state index in [4.69, 9.17) is 9.97 Å². The van der Waals surface area contributed by atoms with Crippen LogP contribution in [0.15, 0.2) is 61.4 Å². The SMILES string of the molecule is CN(c1cncc(-c2ccc(C3CC3)cc2)n1)c1nc2nncn2c2cnccc12. The van der Waals surface area contributed by atoms with E-state index in [2.05, 4.69) is 44.4 Å². The first-order valence-electron chi connectivity index (χ1n) is 9.87. The number of aromatic nitrogens is 7. The van der Waals surface area contributed by atoms with Crippen molar-refractivity contribution in [3.05, 3.63) is 67.0 Å². The summed E-state index contributed by atoms with van der Waals surface area (Å²) in [5.41, 5.74) is 4.17. The van der Waals surface area contributed by atoms with Gasteiger partial charge in [-0.25, -0.2) is 4.98 Å². The molecule has 5 aromatic rings. The van der Waals surface area contributed by atoms with Crippen molar-refractivity contribution in [2.24, 2.45) is 0 Å². The minimum atomic E-state index is 0.511. The molecule has 0 saturated heterocycles. The van der Waals surface area contributed by atoms with E-state index < -0.39 is 0 Å². The smallest absolute Gasteiger partial charge is 0.257 e. The number of rotatable bonds is 4. The quantitative estimate of drug-likeness (QED) is 0.459. The first-order valence-corrected chi connectivity index (χ1v) is 9.87. The van der Waals surface area contributed by atoms with Crippen LogP contribution in [0.25, 0.3) is 27.9 Å². The van der Waals surface area contributed by atoms with E-state index in [9.17, 15) is 0 Å². The zero-order chi connectivity index (χ0) is 20.1. The van der Waals surface area contributed by atoms with Gasteiger partial charge in [-0.15, -0.1) is 10.2 Å². The highest BCUT2D eigenvalue weighted by Gasteiger charge is 2.23. The summed E-state index contributed by atoms with van der Waals surface area (Å²) in [6.45, 7) is 0. The molecule has 0 spiro atoms. The number of hydrogen-bond donors (Lipinski definition) is 0. The number of anilines is 2. The third kappa shape index (κ3) is 2.76. The topological polar surface area (TPSA) is 85.0 Å². The molecule has 1 saturated carbocycles. The summed E-state index contributed by atoms with van der Waals surface area (Å²) in [4.78, 5) is 20.1. The molecule has 6 rings (SSSR count). The molecule has 1 aliphatic carbocycles. The van der Waals surface area contributed by atoms with Crippen LogP contribution in [0.4, 0.5) is 11.6 Å². The minimum absolute atomic E-state index is 0.511. The first-order chi connectivity index (χ1) is 14.8. The van der Waals surface area contributed by atoms with Gasteiger partial charge in [0.05, 0.1) is 29.8 Å². The lowest BCUT2D eigenvalue weighted by molar-refractivity contribution is 1.04. The Morgan fingerprint density at radius 3 is 2.67 bits per heavy atom. The van der Waals surface area contributed by atoms with Gasteiger partial charge in [-0.05, 0) is 30.4 Å². The Morgan fingerprint density at radius 2 is 1.83 bits per heavy atom. The van der Waals surface area contributed by atoms with E-state index in [1.165, 1.54) is 18.4 Å². The molecule has 1 fully saturated rings. The van der Waals surface area contributed by atoms with E-state index in [0.29, 0.717) is 11.6 Å². The number of nitrogens with zero attached hydrogens (tertiary/aromatic N) is 8. The van der Waals surface area contributed by atoms with Crippen LogP contribution in [0.3, 0.4) is 0 Å². The van der Waals surface area contributed by atoms with Crippen LogP contribution < -0.4 is 4.90 Å². The second-order valence-electron chi connectivity index (χ2n) is 7.55. The number of pyridine rings is 1. The van der Waals surface area contributed by atoms with E-state index in [1.807, 2.05) is 22.4 Å². The maximum Gasteiger partial charge on any atom is 0.257 e. The third-order valence-electron chi connectivity index (χ3n) is 5.57. The number of benzene rings is 1. The van der Waals surface area contributed by atoms with E-state index in [0.717, 1.165) is 33.9 Å². The van der Waals surface area contributed by atoms with Gasteiger partial charge in [0.1, 0.15) is 12.1 Å². The second kappa shape index (κ2) is 6.55. The lowest BCUT2D eigenvalue weighted by Gasteiger charge is -2.19. The predicted octanol–water partition coefficient (Wildman–Crippen LogP) is 3.77. The van der Waals surface area contributed by atoms with Crippen LogP contribution in [0.2, 0.25) is 0 Å². The molecule has 0 atom stereocenters. The summed E-state index contributed by atoms with van der Waals surface area (Å²) in [7, 11) is 1.93. The molecule has 1 aromatic carbocycles. The minimum Gasteiger partial charge on any atom is -0.312 e. The highest BCUT2D eigenvalue weighted by molar-refractivity contribution is 5.92. The van der Waals surface area contributed by atoms with Crippen molar-refractivity contribution >= 4 is 28.3 Å². The highest BCUT2D eigenvalue weighted by Crippen LogP contribution is 2.40. The molecule has 30 heavy (non-hydrogen) atoms. The Morgan fingerprint density at radius 1 is 0.967 bits per heavy atom. The van der Waals surface area contributed by atoms with Crippen LogP contribution in [0.1, 0.15) is 24.3 Å². The van der Waals surface area contributed by atoms with Crippen molar-refractivity contribution in [2.75, 3.05) is 11.9 Å². The van der Waals surface area contributed by atoms with Crippen LogP contribution in [-0.4, -0.2) is 41.6 Å². The number of hydrogen-bond acceptors (Lipinski definition) is 7. The Bertz CT molecular complexity index is 1370. The normalized spacial score (nSPS) is 13.8. The van der Waals surface area contributed by atoms with Crippen molar-refractivity contribution in [1.29, 1.82) is 0 Å². The van der Waals surface area contributed by atoms with Gasteiger partial charge in [0.2, 0.25) is 0 Å². The largest absolute Gasteiger partial charge is 0.312 e. The summed E-state index contributed by atoms with van der Waals surface area (Å²) in [6, 6.07) is 10.6. The first kappa shape index (κ1) is 17.0. The van der Waals surface area contributed by atoms with E-state index in [-0.39, 0.29) is 0 Å². The molecule has 0 amide bonds. The zero-order valence-corrected chi connectivity index (χ0v) is 16.3.